The molecule has 2 aromatic heterocycles. The maximum Gasteiger partial charge on any atom is 0.243 e. The van der Waals surface area contributed by atoms with Gasteiger partial charge in [-0.1, -0.05) is 0 Å². The molecule has 14 heavy (non-hydrogen) atoms. The molecule has 0 spiro atoms. The molecule has 0 bridgehead atoms. The average Bonchev–Trinajstić information content (AvgIpc) is 2.87. The summed E-state index contributed by atoms with van der Waals surface area (Å²) in [6.45, 7) is 0. The minimum absolute atomic E-state index is 0.202. The molecule has 0 saturated heterocycles. The number of fused-ring (bicyclic) bond motifs is 1. The molecule has 2 N–H and O–H groups in total. The van der Waals surface area contributed by atoms with Crippen LogP contribution >= 0.6 is 11.6 Å². The summed E-state index contributed by atoms with van der Waals surface area (Å²) < 4.78 is 1.81. The second-order valence-electron chi connectivity index (χ2n) is 3.60. The third-order valence-electron chi connectivity index (χ3n) is 2.54. The Morgan fingerprint density at radius 2 is 2.21 bits per heavy atom. The molecule has 1 saturated carbocycles. The minimum Gasteiger partial charge on any atom is -0.382 e. The molecule has 0 atom stereocenters. The Balaban J connectivity index is 2.33. The number of hydrogen-bond acceptors (Lipinski definition) is 3. The fourth-order valence-electron chi connectivity index (χ4n) is 1.70. The first-order valence-corrected chi connectivity index (χ1v) is 4.94. The highest BCUT2D eigenvalue weighted by atomic mass is 35.5. The van der Waals surface area contributed by atoms with E-state index in [1.54, 1.807) is 0 Å². The lowest BCUT2D eigenvalue weighted by Crippen LogP contribution is -2.02. The van der Waals surface area contributed by atoms with Crippen LogP contribution in [0.2, 0.25) is 5.28 Å². The first kappa shape index (κ1) is 8.05. The summed E-state index contributed by atoms with van der Waals surface area (Å²) in [7, 11) is 0. The van der Waals surface area contributed by atoms with Crippen LogP contribution in [0.3, 0.4) is 0 Å². The molecule has 72 valence electrons. The summed E-state index contributed by atoms with van der Waals surface area (Å²) in [5.41, 5.74) is 7.77. The monoisotopic (exact) mass is 208 g/mol. The number of nitrogen functional groups attached to an aromatic ring is 1. The second kappa shape index (κ2) is 2.60. The van der Waals surface area contributed by atoms with E-state index in [0.29, 0.717) is 11.7 Å². The zero-order valence-electron chi connectivity index (χ0n) is 7.44. The highest BCUT2D eigenvalue weighted by Crippen LogP contribution is 2.40. The molecule has 0 amide bonds. The van der Waals surface area contributed by atoms with Crippen molar-refractivity contribution in [1.82, 2.24) is 14.6 Å². The van der Waals surface area contributed by atoms with Crippen molar-refractivity contribution in [3.05, 3.63) is 23.1 Å². The van der Waals surface area contributed by atoms with Crippen LogP contribution in [-0.2, 0) is 0 Å². The normalized spacial score (nSPS) is 16.4. The molecular weight excluding hydrogens is 200 g/mol. The molecule has 4 nitrogen and oxygen atoms in total. The molecule has 0 aliphatic heterocycles. The van der Waals surface area contributed by atoms with Crippen LogP contribution < -0.4 is 5.73 Å². The van der Waals surface area contributed by atoms with E-state index < -0.39 is 0 Å². The predicted molar refractivity (Wildman–Crippen MR) is 54.4 cm³/mol. The van der Waals surface area contributed by atoms with Crippen LogP contribution in [0.15, 0.2) is 12.1 Å². The maximum absolute atomic E-state index is 5.75. The second-order valence-corrected chi connectivity index (χ2v) is 3.93. The molecule has 1 fully saturated rings. The number of anilines is 1. The van der Waals surface area contributed by atoms with E-state index in [1.165, 1.54) is 18.5 Å². The lowest BCUT2D eigenvalue weighted by atomic mass is 10.3. The zero-order valence-corrected chi connectivity index (χ0v) is 8.20. The van der Waals surface area contributed by atoms with Crippen molar-refractivity contribution >= 4 is 22.9 Å². The van der Waals surface area contributed by atoms with Crippen LogP contribution in [0, 0.1) is 0 Å². The number of nitrogens with zero attached hydrogens (tertiary/aromatic N) is 3. The lowest BCUT2D eigenvalue weighted by Gasteiger charge is -2.01. The Morgan fingerprint density at radius 1 is 1.43 bits per heavy atom. The number of nitrogens with two attached hydrogens (primary N) is 1. The molecule has 3 rings (SSSR count). The summed E-state index contributed by atoms with van der Waals surface area (Å²) in [4.78, 5) is 3.91. The Kier molecular flexibility index (Phi) is 1.50. The summed E-state index contributed by atoms with van der Waals surface area (Å²) in [6.07, 6.45) is 2.46. The SMILES string of the molecule is Nc1nc(Cl)nn2c(C3CC3)ccc12. The fourth-order valence-corrected chi connectivity index (χ4v) is 1.87. The fraction of sp³-hybridized carbons (Fsp3) is 0.333. The van der Waals surface area contributed by atoms with Crippen molar-refractivity contribution < 1.29 is 0 Å². The molecule has 1 aliphatic rings. The van der Waals surface area contributed by atoms with E-state index in [4.69, 9.17) is 17.3 Å². The average molecular weight is 209 g/mol. The van der Waals surface area contributed by atoms with E-state index in [9.17, 15) is 0 Å². The maximum atomic E-state index is 5.75. The minimum atomic E-state index is 0.202. The molecular formula is C9H9ClN4. The summed E-state index contributed by atoms with van der Waals surface area (Å²) in [5.74, 6) is 1.07. The van der Waals surface area contributed by atoms with Crippen molar-refractivity contribution in [2.75, 3.05) is 5.73 Å². The van der Waals surface area contributed by atoms with Crippen LogP contribution in [0.25, 0.3) is 5.52 Å². The lowest BCUT2D eigenvalue weighted by molar-refractivity contribution is 0.835. The number of hydrogen-bond donors (Lipinski definition) is 1. The van der Waals surface area contributed by atoms with Gasteiger partial charge in [0.2, 0.25) is 5.28 Å². The number of aromatic nitrogens is 3. The van der Waals surface area contributed by atoms with Crippen molar-refractivity contribution in [1.29, 1.82) is 0 Å². The summed E-state index contributed by atoms with van der Waals surface area (Å²) in [6, 6.07) is 3.99. The third kappa shape index (κ3) is 1.07. The smallest absolute Gasteiger partial charge is 0.243 e. The van der Waals surface area contributed by atoms with Crippen molar-refractivity contribution in [2.24, 2.45) is 0 Å². The van der Waals surface area contributed by atoms with Crippen LogP contribution in [0.1, 0.15) is 24.5 Å². The van der Waals surface area contributed by atoms with Crippen LogP contribution in [0.5, 0.6) is 0 Å². The largest absolute Gasteiger partial charge is 0.382 e. The van der Waals surface area contributed by atoms with Gasteiger partial charge in [-0.25, -0.2) is 4.52 Å². The van der Waals surface area contributed by atoms with E-state index in [2.05, 4.69) is 10.1 Å². The number of rotatable bonds is 1. The van der Waals surface area contributed by atoms with Gasteiger partial charge in [-0.05, 0) is 36.6 Å². The van der Waals surface area contributed by atoms with Gasteiger partial charge in [0.15, 0.2) is 5.82 Å². The zero-order chi connectivity index (χ0) is 9.71. The first-order valence-electron chi connectivity index (χ1n) is 4.56. The van der Waals surface area contributed by atoms with Gasteiger partial charge >= 0.3 is 0 Å². The van der Waals surface area contributed by atoms with Crippen molar-refractivity contribution in [3.8, 4) is 0 Å². The Labute approximate surface area is 85.7 Å². The standard InChI is InChI=1S/C9H9ClN4/c10-9-12-8(11)7-4-3-6(5-1-2-5)14(7)13-9/h3-5H,1-2H2,(H2,11,12,13). The Bertz CT molecular complexity index is 501. The molecule has 0 aromatic carbocycles. The molecule has 5 heteroatoms. The van der Waals surface area contributed by atoms with Gasteiger partial charge in [0.25, 0.3) is 0 Å². The molecule has 1 aliphatic carbocycles. The summed E-state index contributed by atoms with van der Waals surface area (Å²) >= 11 is 5.75. The van der Waals surface area contributed by atoms with Gasteiger partial charge in [-0.3, -0.25) is 0 Å². The number of halogens is 1. The highest BCUT2D eigenvalue weighted by Gasteiger charge is 2.27. The molecule has 0 radical (unpaired) electrons. The topological polar surface area (TPSA) is 56.2 Å². The van der Waals surface area contributed by atoms with Gasteiger partial charge in [0.1, 0.15) is 5.52 Å². The van der Waals surface area contributed by atoms with E-state index in [1.807, 2.05) is 16.6 Å². The van der Waals surface area contributed by atoms with Gasteiger partial charge in [-0.15, -0.1) is 5.10 Å². The van der Waals surface area contributed by atoms with Gasteiger partial charge in [0, 0.05) is 11.6 Å². The molecule has 0 unspecified atom stereocenters. The van der Waals surface area contributed by atoms with Crippen molar-refractivity contribution in [2.45, 2.75) is 18.8 Å². The quantitative estimate of drug-likeness (QED) is 0.778. The third-order valence-corrected chi connectivity index (χ3v) is 2.70. The van der Waals surface area contributed by atoms with Gasteiger partial charge in [0.05, 0.1) is 0 Å². The van der Waals surface area contributed by atoms with E-state index in [0.717, 1.165) is 5.52 Å². The van der Waals surface area contributed by atoms with E-state index >= 15 is 0 Å². The van der Waals surface area contributed by atoms with Crippen LogP contribution in [0.4, 0.5) is 5.82 Å². The Morgan fingerprint density at radius 3 is 2.93 bits per heavy atom. The van der Waals surface area contributed by atoms with Crippen LogP contribution in [-0.4, -0.2) is 14.6 Å². The first-order chi connectivity index (χ1) is 6.75. The predicted octanol–water partition coefficient (Wildman–Crippen LogP) is 1.84. The Hall–Kier alpha value is -1.29. The van der Waals surface area contributed by atoms with Gasteiger partial charge in [-0.2, -0.15) is 4.98 Å². The van der Waals surface area contributed by atoms with E-state index in [-0.39, 0.29) is 5.28 Å². The molecule has 2 aromatic rings. The summed E-state index contributed by atoms with van der Waals surface area (Å²) in [5, 5.41) is 4.35. The highest BCUT2D eigenvalue weighted by molar-refractivity contribution is 6.28. The molecule has 2 heterocycles. The van der Waals surface area contributed by atoms with Crippen molar-refractivity contribution in [3.63, 3.8) is 0 Å². The van der Waals surface area contributed by atoms with Gasteiger partial charge < -0.3 is 5.73 Å².